The van der Waals surface area contributed by atoms with Crippen molar-refractivity contribution < 1.29 is 13.2 Å². The summed E-state index contributed by atoms with van der Waals surface area (Å²) in [7, 11) is 2.02. The maximum atomic E-state index is 12.8. The van der Waals surface area contributed by atoms with Crippen molar-refractivity contribution in [3.63, 3.8) is 0 Å². The molecular weight excluding hydrogens is 436 g/mol. The second kappa shape index (κ2) is 8.06. The van der Waals surface area contributed by atoms with E-state index in [-0.39, 0.29) is 0 Å². The quantitative estimate of drug-likeness (QED) is 0.473. The van der Waals surface area contributed by atoms with Crippen LogP contribution in [0.5, 0.6) is 0 Å². The maximum Gasteiger partial charge on any atom is 0.435 e. The molecule has 0 radical (unpaired) electrons. The normalized spacial score (nSPS) is 15.1. The van der Waals surface area contributed by atoms with Gasteiger partial charge in [0.1, 0.15) is 0 Å². The van der Waals surface area contributed by atoms with Gasteiger partial charge in [0.2, 0.25) is 0 Å². The van der Waals surface area contributed by atoms with E-state index in [1.54, 1.807) is 6.07 Å². The first kappa shape index (κ1) is 20.9. The molecule has 0 amide bonds. The number of likely N-dealkylation sites (N-methyl/N-ethyl adjacent to an activating group) is 1. The second-order valence-electron chi connectivity index (χ2n) is 7.16. The first-order chi connectivity index (χ1) is 14.2. The van der Waals surface area contributed by atoms with Crippen molar-refractivity contribution in [1.29, 1.82) is 0 Å². The summed E-state index contributed by atoms with van der Waals surface area (Å²) in [5.41, 5.74) is 2.96. The van der Waals surface area contributed by atoms with Gasteiger partial charge >= 0.3 is 6.18 Å². The minimum atomic E-state index is -4.51. The first-order valence-corrected chi connectivity index (χ1v) is 9.93. The minimum absolute atomic E-state index is 0.384. The molecule has 4 nitrogen and oxygen atoms in total. The highest BCUT2D eigenvalue weighted by Gasteiger charge is 2.33. The van der Waals surface area contributed by atoms with E-state index < -0.39 is 11.9 Å². The lowest BCUT2D eigenvalue weighted by Crippen LogP contribution is -2.26. The van der Waals surface area contributed by atoms with Crippen molar-refractivity contribution in [3.05, 3.63) is 69.8 Å². The summed E-state index contributed by atoms with van der Waals surface area (Å²) >= 11 is 12.4. The summed E-state index contributed by atoms with van der Waals surface area (Å²) in [6.07, 6.45) is -4.51. The Morgan fingerprint density at radius 2 is 1.63 bits per heavy atom. The molecule has 1 aliphatic rings. The Labute approximate surface area is 181 Å². The third-order valence-corrected chi connectivity index (χ3v) is 5.36. The van der Waals surface area contributed by atoms with Crippen molar-refractivity contribution >= 4 is 34.6 Å². The maximum absolute atomic E-state index is 12.8. The molecule has 9 heteroatoms. The monoisotopic (exact) mass is 452 g/mol. The zero-order valence-corrected chi connectivity index (χ0v) is 17.4. The molecule has 1 aromatic heterocycles. The molecule has 0 fully saturated rings. The van der Waals surface area contributed by atoms with Crippen molar-refractivity contribution in [2.24, 2.45) is 0 Å². The van der Waals surface area contributed by atoms with Gasteiger partial charge in [-0.1, -0.05) is 29.3 Å². The number of fused-ring (bicyclic) bond motifs is 1. The molecule has 2 aromatic carbocycles. The lowest BCUT2D eigenvalue weighted by molar-refractivity contribution is -0.141. The Morgan fingerprint density at radius 3 is 2.27 bits per heavy atom. The Kier molecular flexibility index (Phi) is 5.61. The van der Waals surface area contributed by atoms with E-state index in [1.807, 2.05) is 37.4 Å². The van der Waals surface area contributed by atoms with Crippen LogP contribution in [0.4, 0.5) is 24.5 Å². The third kappa shape index (κ3) is 4.38. The fourth-order valence-corrected chi connectivity index (χ4v) is 4.01. The van der Waals surface area contributed by atoms with Gasteiger partial charge < -0.3 is 9.80 Å². The van der Waals surface area contributed by atoms with Gasteiger partial charge in [-0.25, -0.2) is 0 Å². The number of rotatable bonds is 2. The van der Waals surface area contributed by atoms with Crippen LogP contribution in [-0.4, -0.2) is 35.2 Å². The van der Waals surface area contributed by atoms with Gasteiger partial charge in [0.05, 0.1) is 5.69 Å². The summed E-state index contributed by atoms with van der Waals surface area (Å²) in [4.78, 5) is 4.31. The molecule has 0 spiro atoms. The number of halogens is 5. The van der Waals surface area contributed by atoms with Gasteiger partial charge in [0, 0.05) is 46.6 Å². The van der Waals surface area contributed by atoms with Crippen LogP contribution < -0.4 is 4.90 Å². The minimum Gasteiger partial charge on any atom is -0.340 e. The summed E-state index contributed by atoms with van der Waals surface area (Å²) in [6.45, 7) is 2.23. The van der Waals surface area contributed by atoms with E-state index >= 15 is 0 Å². The molecule has 4 rings (SSSR count). The number of anilines is 2. The Balaban J connectivity index is 1.74. The lowest BCUT2D eigenvalue weighted by Gasteiger charge is -2.25. The summed E-state index contributed by atoms with van der Waals surface area (Å²) in [5.74, 6) is 0. The second-order valence-corrected chi connectivity index (χ2v) is 8.04. The molecule has 0 unspecified atom stereocenters. The smallest absolute Gasteiger partial charge is 0.340 e. The molecule has 1 aliphatic heterocycles. The molecule has 0 atom stereocenters. The van der Waals surface area contributed by atoms with E-state index in [0.29, 0.717) is 27.8 Å². The number of benzene rings is 2. The van der Waals surface area contributed by atoms with E-state index in [0.717, 1.165) is 36.1 Å². The van der Waals surface area contributed by atoms with Gasteiger partial charge in [-0.2, -0.15) is 13.2 Å². The highest BCUT2D eigenvalue weighted by molar-refractivity contribution is 6.35. The average molecular weight is 453 g/mol. The first-order valence-electron chi connectivity index (χ1n) is 9.17. The molecule has 0 saturated carbocycles. The van der Waals surface area contributed by atoms with Crippen LogP contribution in [0, 0.1) is 0 Å². The van der Waals surface area contributed by atoms with Crippen molar-refractivity contribution in [2.45, 2.75) is 12.7 Å². The molecule has 30 heavy (non-hydrogen) atoms. The zero-order chi connectivity index (χ0) is 21.5. The fourth-order valence-electron chi connectivity index (χ4n) is 3.50. The number of hydrogen-bond acceptors (Lipinski definition) is 4. The summed E-state index contributed by atoms with van der Waals surface area (Å²) < 4.78 is 38.3. The van der Waals surface area contributed by atoms with E-state index in [4.69, 9.17) is 23.2 Å². The fraction of sp³-hybridized carbons (Fsp3) is 0.238. The number of aromatic nitrogens is 2. The van der Waals surface area contributed by atoms with Gasteiger partial charge in [-0.3, -0.25) is 0 Å². The van der Waals surface area contributed by atoms with Crippen molar-refractivity contribution in [3.8, 4) is 11.3 Å². The summed E-state index contributed by atoms with van der Waals surface area (Å²) in [5, 5.41) is 8.20. The third-order valence-electron chi connectivity index (χ3n) is 4.93. The van der Waals surface area contributed by atoms with E-state index in [2.05, 4.69) is 20.0 Å². The van der Waals surface area contributed by atoms with Gasteiger partial charge in [0.15, 0.2) is 5.69 Å². The number of hydrogen-bond donors (Lipinski definition) is 0. The molecule has 3 aromatic rings. The SMILES string of the molecule is CN1CCN(c2cc(Cl)cc(Cl)c2)c2ccc(-c3ccc(C(F)(F)F)nn3)cc2C1. The highest BCUT2D eigenvalue weighted by atomic mass is 35.5. The van der Waals surface area contributed by atoms with Crippen LogP contribution in [0.3, 0.4) is 0 Å². The number of alkyl halides is 3. The van der Waals surface area contributed by atoms with Crippen LogP contribution in [0.15, 0.2) is 48.5 Å². The molecule has 0 bridgehead atoms. The average Bonchev–Trinajstić information content (AvgIpc) is 2.84. The lowest BCUT2D eigenvalue weighted by atomic mass is 10.0. The Hall–Kier alpha value is -2.35. The molecule has 0 aliphatic carbocycles. The molecule has 0 saturated heterocycles. The van der Waals surface area contributed by atoms with Gasteiger partial charge in [-0.05, 0) is 55.1 Å². The van der Waals surface area contributed by atoms with E-state index in [9.17, 15) is 13.2 Å². The van der Waals surface area contributed by atoms with Crippen molar-refractivity contribution in [1.82, 2.24) is 15.1 Å². The van der Waals surface area contributed by atoms with E-state index in [1.165, 1.54) is 6.07 Å². The van der Waals surface area contributed by atoms with Gasteiger partial charge in [0.25, 0.3) is 0 Å². The largest absolute Gasteiger partial charge is 0.435 e. The van der Waals surface area contributed by atoms with Crippen LogP contribution >= 0.6 is 23.2 Å². The Bertz CT molecular complexity index is 1050. The van der Waals surface area contributed by atoms with Crippen LogP contribution in [0.2, 0.25) is 10.0 Å². The Morgan fingerprint density at radius 1 is 0.900 bits per heavy atom. The van der Waals surface area contributed by atoms with Crippen molar-refractivity contribution in [2.75, 3.05) is 25.0 Å². The molecule has 156 valence electrons. The topological polar surface area (TPSA) is 32.3 Å². The van der Waals surface area contributed by atoms with Crippen LogP contribution in [0.25, 0.3) is 11.3 Å². The molecule has 0 N–H and O–H groups in total. The van der Waals surface area contributed by atoms with Crippen LogP contribution in [0.1, 0.15) is 11.3 Å². The number of nitrogens with zero attached hydrogens (tertiary/aromatic N) is 4. The van der Waals surface area contributed by atoms with Crippen LogP contribution in [-0.2, 0) is 12.7 Å². The predicted molar refractivity (Wildman–Crippen MR) is 112 cm³/mol. The molecular formula is C21H17Cl2F3N4. The standard InChI is InChI=1S/C21H17Cl2F3N4/c1-29-6-7-30(17-10-15(22)9-16(23)11-17)19-4-2-13(8-14(19)12-29)18-3-5-20(28-27-18)21(24,25)26/h2-5,8-11H,6-7,12H2,1H3. The van der Waals surface area contributed by atoms with Gasteiger partial charge in [-0.15, -0.1) is 10.2 Å². The zero-order valence-electron chi connectivity index (χ0n) is 15.9. The highest BCUT2D eigenvalue weighted by Crippen LogP contribution is 2.36. The predicted octanol–water partition coefficient (Wildman–Crippen LogP) is 6.05. The summed E-state index contributed by atoms with van der Waals surface area (Å²) in [6, 6.07) is 13.4. The molecule has 2 heterocycles.